The van der Waals surface area contributed by atoms with E-state index in [1.165, 1.54) is 17.0 Å². The van der Waals surface area contributed by atoms with Crippen LogP contribution in [0.3, 0.4) is 0 Å². The van der Waals surface area contributed by atoms with E-state index in [2.05, 4.69) is 4.74 Å². The Hall–Kier alpha value is -1.40. The highest BCUT2D eigenvalue weighted by molar-refractivity contribution is 5.85. The molecule has 0 spiro atoms. The molecule has 1 atom stereocenters. The molecule has 0 saturated carbocycles. The van der Waals surface area contributed by atoms with E-state index in [1.54, 1.807) is 26.1 Å². The summed E-state index contributed by atoms with van der Waals surface area (Å²) < 4.78 is 28.1. The third kappa shape index (κ3) is 5.85. The second kappa shape index (κ2) is 7.91. The zero-order valence-corrected chi connectivity index (χ0v) is 11.5. The fourth-order valence-corrected chi connectivity index (χ4v) is 1.48. The van der Waals surface area contributed by atoms with Gasteiger partial charge in [-0.2, -0.15) is 8.78 Å². The molecule has 0 bridgehead atoms. The summed E-state index contributed by atoms with van der Waals surface area (Å²) in [6.45, 7) is -0.855. The standard InChI is InChI=1S/C12H16F2N2O2.ClH/c1-8(15)11(17)16(2)7-9-3-5-10(6-4-9)18-12(13)14;/h3-6,8,12H,7,15H2,1-2H3;1H. The lowest BCUT2D eigenvalue weighted by molar-refractivity contribution is -0.131. The van der Waals surface area contributed by atoms with Crippen LogP contribution in [0.25, 0.3) is 0 Å². The normalized spacial score (nSPS) is 11.7. The van der Waals surface area contributed by atoms with Crippen LogP contribution in [0, 0.1) is 0 Å². The van der Waals surface area contributed by atoms with Gasteiger partial charge in [0.25, 0.3) is 0 Å². The quantitative estimate of drug-likeness (QED) is 0.904. The maximum absolute atomic E-state index is 11.9. The Morgan fingerprint density at radius 3 is 2.32 bits per heavy atom. The maximum Gasteiger partial charge on any atom is 0.387 e. The van der Waals surface area contributed by atoms with E-state index in [0.717, 1.165) is 5.56 Å². The fraction of sp³-hybridized carbons (Fsp3) is 0.417. The van der Waals surface area contributed by atoms with Crippen LogP contribution in [0.2, 0.25) is 0 Å². The number of alkyl halides is 2. The molecule has 2 N–H and O–H groups in total. The molecular formula is C12H17ClF2N2O2. The number of ether oxygens (including phenoxy) is 1. The second-order valence-electron chi connectivity index (χ2n) is 4.01. The minimum atomic E-state index is -2.84. The number of hydrogen-bond acceptors (Lipinski definition) is 3. The molecule has 4 nitrogen and oxygen atoms in total. The van der Waals surface area contributed by atoms with E-state index < -0.39 is 12.7 Å². The molecule has 0 aromatic heterocycles. The Morgan fingerprint density at radius 2 is 1.89 bits per heavy atom. The molecule has 0 radical (unpaired) electrons. The number of likely N-dealkylation sites (N-methyl/N-ethyl adjacent to an activating group) is 1. The Bertz CT molecular complexity index is 399. The SMILES string of the molecule is CC(N)C(=O)N(C)Cc1ccc(OC(F)F)cc1.Cl. The molecule has 0 heterocycles. The Labute approximate surface area is 116 Å². The molecule has 0 aliphatic heterocycles. The van der Waals surface area contributed by atoms with Crippen LogP contribution < -0.4 is 10.5 Å². The maximum atomic E-state index is 11.9. The van der Waals surface area contributed by atoms with Crippen LogP contribution in [-0.2, 0) is 11.3 Å². The first-order valence-corrected chi connectivity index (χ1v) is 5.44. The number of halogens is 3. The minimum Gasteiger partial charge on any atom is -0.435 e. The van der Waals surface area contributed by atoms with Crippen LogP contribution in [0.15, 0.2) is 24.3 Å². The van der Waals surface area contributed by atoms with Crippen molar-refractivity contribution in [2.45, 2.75) is 26.1 Å². The van der Waals surface area contributed by atoms with E-state index in [0.29, 0.717) is 6.54 Å². The number of rotatable bonds is 5. The average Bonchev–Trinajstić information content (AvgIpc) is 2.29. The van der Waals surface area contributed by atoms with Crippen molar-refractivity contribution in [3.05, 3.63) is 29.8 Å². The fourth-order valence-electron chi connectivity index (χ4n) is 1.48. The highest BCUT2D eigenvalue weighted by atomic mass is 35.5. The van der Waals surface area contributed by atoms with E-state index >= 15 is 0 Å². The Balaban J connectivity index is 0.00000324. The van der Waals surface area contributed by atoms with Crippen LogP contribution in [-0.4, -0.2) is 30.5 Å². The van der Waals surface area contributed by atoms with Crippen LogP contribution in [0.1, 0.15) is 12.5 Å². The molecule has 0 aliphatic rings. The summed E-state index contributed by atoms with van der Waals surface area (Å²) in [6.07, 6.45) is 0. The summed E-state index contributed by atoms with van der Waals surface area (Å²) in [5.74, 6) is -0.0853. The number of nitrogens with zero attached hydrogens (tertiary/aromatic N) is 1. The minimum absolute atomic E-state index is 0. The van der Waals surface area contributed by atoms with Gasteiger partial charge in [0, 0.05) is 13.6 Å². The number of amides is 1. The van der Waals surface area contributed by atoms with Crippen LogP contribution in [0.5, 0.6) is 5.75 Å². The smallest absolute Gasteiger partial charge is 0.387 e. The zero-order valence-electron chi connectivity index (χ0n) is 10.7. The third-order valence-electron chi connectivity index (χ3n) is 2.33. The average molecular weight is 295 g/mol. The summed E-state index contributed by atoms with van der Waals surface area (Å²) >= 11 is 0. The predicted molar refractivity (Wildman–Crippen MR) is 70.4 cm³/mol. The predicted octanol–water partition coefficient (Wildman–Crippen LogP) is 2.02. The molecule has 19 heavy (non-hydrogen) atoms. The molecule has 1 aromatic carbocycles. The number of benzene rings is 1. The summed E-state index contributed by atoms with van der Waals surface area (Å²) in [5.41, 5.74) is 6.29. The van der Waals surface area contributed by atoms with Gasteiger partial charge in [-0.1, -0.05) is 12.1 Å². The van der Waals surface area contributed by atoms with E-state index in [4.69, 9.17) is 5.73 Å². The van der Waals surface area contributed by atoms with Crippen molar-refractivity contribution < 1.29 is 18.3 Å². The van der Waals surface area contributed by atoms with Gasteiger partial charge in [-0.15, -0.1) is 12.4 Å². The van der Waals surface area contributed by atoms with Gasteiger partial charge in [0.1, 0.15) is 5.75 Å². The van der Waals surface area contributed by atoms with Gasteiger partial charge in [-0.05, 0) is 24.6 Å². The zero-order chi connectivity index (χ0) is 13.7. The van der Waals surface area contributed by atoms with Gasteiger partial charge in [0.15, 0.2) is 0 Å². The van der Waals surface area contributed by atoms with Gasteiger partial charge in [0.05, 0.1) is 6.04 Å². The van der Waals surface area contributed by atoms with Crippen molar-refractivity contribution in [1.29, 1.82) is 0 Å². The first-order chi connectivity index (χ1) is 8.40. The van der Waals surface area contributed by atoms with E-state index in [1.807, 2.05) is 0 Å². The number of nitrogens with two attached hydrogens (primary N) is 1. The number of carbonyl (C=O) groups excluding carboxylic acids is 1. The lowest BCUT2D eigenvalue weighted by Gasteiger charge is -2.19. The highest BCUT2D eigenvalue weighted by Crippen LogP contribution is 2.15. The lowest BCUT2D eigenvalue weighted by atomic mass is 10.2. The van der Waals surface area contributed by atoms with Crippen molar-refractivity contribution in [2.24, 2.45) is 5.73 Å². The number of carbonyl (C=O) groups is 1. The Kier molecular flexibility index (Phi) is 7.33. The first-order valence-electron chi connectivity index (χ1n) is 5.44. The summed E-state index contributed by atoms with van der Waals surface area (Å²) in [6, 6.07) is 5.57. The molecule has 1 aromatic rings. The largest absolute Gasteiger partial charge is 0.435 e. The molecule has 7 heteroatoms. The van der Waals surface area contributed by atoms with Gasteiger partial charge in [-0.25, -0.2) is 0 Å². The summed E-state index contributed by atoms with van der Waals surface area (Å²) in [7, 11) is 1.63. The molecule has 0 fully saturated rings. The van der Waals surface area contributed by atoms with Gasteiger partial charge >= 0.3 is 6.61 Å². The highest BCUT2D eigenvalue weighted by Gasteiger charge is 2.13. The van der Waals surface area contributed by atoms with E-state index in [9.17, 15) is 13.6 Å². The van der Waals surface area contributed by atoms with Crippen molar-refractivity contribution in [3.8, 4) is 5.75 Å². The molecule has 108 valence electrons. The molecule has 1 unspecified atom stereocenters. The summed E-state index contributed by atoms with van der Waals surface area (Å²) in [5, 5.41) is 0. The molecule has 1 rings (SSSR count). The first kappa shape index (κ1) is 17.6. The van der Waals surface area contributed by atoms with Crippen molar-refractivity contribution in [1.82, 2.24) is 4.90 Å². The van der Waals surface area contributed by atoms with Gasteiger partial charge in [0.2, 0.25) is 5.91 Å². The Morgan fingerprint density at radius 1 is 1.37 bits per heavy atom. The lowest BCUT2D eigenvalue weighted by Crippen LogP contribution is -2.39. The van der Waals surface area contributed by atoms with E-state index in [-0.39, 0.29) is 24.1 Å². The molecular weight excluding hydrogens is 278 g/mol. The van der Waals surface area contributed by atoms with Gasteiger partial charge < -0.3 is 15.4 Å². The second-order valence-corrected chi connectivity index (χ2v) is 4.01. The van der Waals surface area contributed by atoms with Gasteiger partial charge in [-0.3, -0.25) is 4.79 Å². The van der Waals surface area contributed by atoms with Crippen LogP contribution in [0.4, 0.5) is 8.78 Å². The monoisotopic (exact) mass is 294 g/mol. The number of hydrogen-bond donors (Lipinski definition) is 1. The van der Waals surface area contributed by atoms with Crippen molar-refractivity contribution in [3.63, 3.8) is 0 Å². The van der Waals surface area contributed by atoms with Crippen molar-refractivity contribution in [2.75, 3.05) is 7.05 Å². The topological polar surface area (TPSA) is 55.6 Å². The van der Waals surface area contributed by atoms with Crippen LogP contribution >= 0.6 is 12.4 Å². The molecule has 0 aliphatic carbocycles. The summed E-state index contributed by atoms with van der Waals surface area (Å²) in [4.78, 5) is 13.0. The van der Waals surface area contributed by atoms with Crippen molar-refractivity contribution >= 4 is 18.3 Å². The third-order valence-corrected chi connectivity index (χ3v) is 2.33. The molecule has 0 saturated heterocycles. The molecule has 1 amide bonds.